The quantitative estimate of drug-likeness (QED) is 0.729. The fourth-order valence-corrected chi connectivity index (χ4v) is 3.40. The molecule has 0 saturated heterocycles. The summed E-state index contributed by atoms with van der Waals surface area (Å²) < 4.78 is 0. The van der Waals surface area contributed by atoms with Crippen LogP contribution in [0.4, 0.5) is 0 Å². The molecule has 0 aromatic heterocycles. The first-order valence-electron chi connectivity index (χ1n) is 8.11. The van der Waals surface area contributed by atoms with Crippen molar-refractivity contribution in [3.63, 3.8) is 0 Å². The summed E-state index contributed by atoms with van der Waals surface area (Å²) >= 11 is 0. The van der Waals surface area contributed by atoms with Gasteiger partial charge in [0.25, 0.3) is 0 Å². The third kappa shape index (κ3) is 6.24. The van der Waals surface area contributed by atoms with E-state index in [1.165, 1.54) is 51.9 Å². The molecule has 0 bridgehead atoms. The Labute approximate surface area is 120 Å². The molecule has 3 atom stereocenters. The predicted octanol–water partition coefficient (Wildman–Crippen LogP) is 2.28. The Hall–Kier alpha value is -0.120. The highest BCUT2D eigenvalue weighted by Crippen LogP contribution is 2.29. The topological polar surface area (TPSA) is 18.5 Å². The largest absolute Gasteiger partial charge is 0.317 e. The first-order chi connectivity index (χ1) is 9.06. The Bertz CT molecular complexity index is 230. The van der Waals surface area contributed by atoms with Gasteiger partial charge in [-0.25, -0.2) is 0 Å². The minimum atomic E-state index is 0.735. The molecule has 1 fully saturated rings. The van der Waals surface area contributed by atoms with Gasteiger partial charge in [-0.05, 0) is 78.3 Å². The van der Waals surface area contributed by atoms with Gasteiger partial charge in [0.2, 0.25) is 0 Å². The molecule has 1 saturated carbocycles. The van der Waals surface area contributed by atoms with Gasteiger partial charge in [-0.15, -0.1) is 0 Å². The van der Waals surface area contributed by atoms with Gasteiger partial charge in [-0.3, -0.25) is 0 Å². The lowest BCUT2D eigenvalue weighted by Gasteiger charge is -2.37. The molecule has 3 unspecified atom stereocenters. The average Bonchev–Trinajstić information content (AvgIpc) is 2.37. The second-order valence-corrected chi connectivity index (χ2v) is 6.62. The smallest absolute Gasteiger partial charge is 0.0105 e. The Balaban J connectivity index is 2.39. The van der Waals surface area contributed by atoms with E-state index in [9.17, 15) is 0 Å². The van der Waals surface area contributed by atoms with Crippen molar-refractivity contribution in [1.29, 1.82) is 0 Å². The number of hydrogen-bond acceptors (Lipinski definition) is 3. The molecule has 0 aromatic rings. The maximum Gasteiger partial charge on any atom is 0.0105 e. The van der Waals surface area contributed by atoms with Crippen molar-refractivity contribution < 1.29 is 0 Å². The first kappa shape index (κ1) is 16.9. The number of nitrogens with one attached hydrogen (secondary N) is 1. The predicted molar refractivity (Wildman–Crippen MR) is 84.6 cm³/mol. The molecule has 0 amide bonds. The summed E-state index contributed by atoms with van der Waals surface area (Å²) in [5.41, 5.74) is 0. The summed E-state index contributed by atoms with van der Waals surface area (Å²) in [6.07, 6.45) is 5.44. The van der Waals surface area contributed by atoms with Crippen LogP contribution in [-0.4, -0.2) is 63.2 Å². The van der Waals surface area contributed by atoms with Crippen molar-refractivity contribution in [3.8, 4) is 0 Å². The van der Waals surface area contributed by atoms with E-state index in [-0.39, 0.29) is 0 Å². The average molecular weight is 269 g/mol. The molecule has 0 aromatic carbocycles. The molecular weight excluding hydrogens is 234 g/mol. The van der Waals surface area contributed by atoms with Gasteiger partial charge in [0, 0.05) is 12.6 Å². The van der Waals surface area contributed by atoms with E-state index >= 15 is 0 Å². The van der Waals surface area contributed by atoms with Crippen molar-refractivity contribution in [2.24, 2.45) is 11.8 Å². The van der Waals surface area contributed by atoms with Gasteiger partial charge in [0.1, 0.15) is 0 Å². The molecular formula is C16H35N3. The fourth-order valence-electron chi connectivity index (χ4n) is 3.40. The van der Waals surface area contributed by atoms with E-state index in [1.54, 1.807) is 0 Å². The third-order valence-electron chi connectivity index (χ3n) is 4.64. The van der Waals surface area contributed by atoms with Gasteiger partial charge in [-0.1, -0.05) is 13.8 Å². The molecule has 19 heavy (non-hydrogen) atoms. The van der Waals surface area contributed by atoms with Crippen molar-refractivity contribution >= 4 is 0 Å². The van der Waals surface area contributed by atoms with Crippen molar-refractivity contribution in [1.82, 2.24) is 15.1 Å². The van der Waals surface area contributed by atoms with Crippen molar-refractivity contribution in [2.45, 2.75) is 45.6 Å². The summed E-state index contributed by atoms with van der Waals surface area (Å²) in [6, 6.07) is 0.735. The summed E-state index contributed by atoms with van der Waals surface area (Å²) in [6.45, 7) is 9.63. The number of hydrogen-bond donors (Lipinski definition) is 1. The van der Waals surface area contributed by atoms with Crippen LogP contribution in [-0.2, 0) is 0 Å². The van der Waals surface area contributed by atoms with Crippen LogP contribution in [0, 0.1) is 11.8 Å². The standard InChI is InChI=1S/C16H35N3/c1-6-19(11-7-10-18(4)5)13-15-12-14(2)8-9-16(15)17-3/h14-17H,6-13H2,1-5H3. The van der Waals surface area contributed by atoms with Crippen LogP contribution in [0.15, 0.2) is 0 Å². The second kappa shape index (κ2) is 8.93. The van der Waals surface area contributed by atoms with Crippen LogP contribution in [0.1, 0.15) is 39.5 Å². The number of rotatable bonds is 8. The van der Waals surface area contributed by atoms with E-state index < -0.39 is 0 Å². The molecule has 3 nitrogen and oxygen atoms in total. The van der Waals surface area contributed by atoms with Crippen LogP contribution in [0.5, 0.6) is 0 Å². The van der Waals surface area contributed by atoms with E-state index in [1.807, 2.05) is 0 Å². The van der Waals surface area contributed by atoms with Crippen molar-refractivity contribution in [3.05, 3.63) is 0 Å². The van der Waals surface area contributed by atoms with E-state index in [0.717, 1.165) is 17.9 Å². The van der Waals surface area contributed by atoms with Gasteiger partial charge >= 0.3 is 0 Å². The zero-order valence-electron chi connectivity index (χ0n) is 13.8. The molecule has 0 radical (unpaired) electrons. The Morgan fingerprint density at radius 2 is 1.89 bits per heavy atom. The SMILES string of the molecule is CCN(CCCN(C)C)CC1CC(C)CCC1NC. The third-order valence-corrected chi connectivity index (χ3v) is 4.64. The maximum atomic E-state index is 3.54. The highest BCUT2D eigenvalue weighted by molar-refractivity contribution is 4.84. The summed E-state index contributed by atoms with van der Waals surface area (Å²) in [5, 5.41) is 3.54. The fraction of sp³-hybridized carbons (Fsp3) is 1.00. The lowest BCUT2D eigenvalue weighted by Crippen LogP contribution is -2.44. The Morgan fingerprint density at radius 3 is 2.47 bits per heavy atom. The van der Waals surface area contributed by atoms with Gasteiger partial charge in [0.05, 0.1) is 0 Å². The molecule has 0 heterocycles. The van der Waals surface area contributed by atoms with Gasteiger partial charge < -0.3 is 15.1 Å². The highest BCUT2D eigenvalue weighted by Gasteiger charge is 2.28. The zero-order chi connectivity index (χ0) is 14.3. The second-order valence-electron chi connectivity index (χ2n) is 6.62. The Morgan fingerprint density at radius 1 is 1.16 bits per heavy atom. The lowest BCUT2D eigenvalue weighted by atomic mass is 9.78. The maximum absolute atomic E-state index is 3.54. The minimum Gasteiger partial charge on any atom is -0.317 e. The van der Waals surface area contributed by atoms with Crippen LogP contribution < -0.4 is 5.32 Å². The molecule has 1 aliphatic carbocycles. The first-order valence-corrected chi connectivity index (χ1v) is 8.11. The normalized spacial score (nSPS) is 28.3. The van der Waals surface area contributed by atoms with Crippen LogP contribution in [0.25, 0.3) is 0 Å². The van der Waals surface area contributed by atoms with E-state index in [2.05, 4.69) is 50.1 Å². The summed E-state index contributed by atoms with van der Waals surface area (Å²) in [4.78, 5) is 4.93. The monoisotopic (exact) mass is 269 g/mol. The van der Waals surface area contributed by atoms with Crippen LogP contribution >= 0.6 is 0 Å². The summed E-state index contributed by atoms with van der Waals surface area (Å²) in [7, 11) is 6.46. The highest BCUT2D eigenvalue weighted by atomic mass is 15.1. The summed E-state index contributed by atoms with van der Waals surface area (Å²) in [5.74, 6) is 1.75. The Kier molecular flexibility index (Phi) is 7.96. The van der Waals surface area contributed by atoms with Gasteiger partial charge in [-0.2, -0.15) is 0 Å². The van der Waals surface area contributed by atoms with Crippen LogP contribution in [0.2, 0.25) is 0 Å². The van der Waals surface area contributed by atoms with Crippen molar-refractivity contribution in [2.75, 3.05) is 47.3 Å². The van der Waals surface area contributed by atoms with E-state index in [0.29, 0.717) is 0 Å². The minimum absolute atomic E-state index is 0.735. The van der Waals surface area contributed by atoms with Gasteiger partial charge in [0.15, 0.2) is 0 Å². The number of nitrogens with zero attached hydrogens (tertiary/aromatic N) is 2. The zero-order valence-corrected chi connectivity index (χ0v) is 13.8. The molecule has 3 heteroatoms. The van der Waals surface area contributed by atoms with Crippen LogP contribution in [0.3, 0.4) is 0 Å². The van der Waals surface area contributed by atoms with E-state index in [4.69, 9.17) is 0 Å². The molecule has 1 aliphatic rings. The molecule has 1 N–H and O–H groups in total. The molecule has 0 aliphatic heterocycles. The molecule has 1 rings (SSSR count). The molecule has 114 valence electrons. The molecule has 0 spiro atoms. The lowest BCUT2D eigenvalue weighted by molar-refractivity contribution is 0.149.